The highest BCUT2D eigenvalue weighted by Crippen LogP contribution is 1.88. The van der Waals surface area contributed by atoms with Crippen molar-refractivity contribution in [1.29, 1.82) is 0 Å². The zero-order valence-electron chi connectivity index (χ0n) is 6.33. The second kappa shape index (κ2) is 4.99. The highest BCUT2D eigenvalue weighted by Gasteiger charge is 1.93. The van der Waals surface area contributed by atoms with Gasteiger partial charge in [-0.25, -0.2) is 4.79 Å². The summed E-state index contributed by atoms with van der Waals surface area (Å²) in [7, 11) is 1.34. The first-order valence-corrected chi connectivity index (χ1v) is 3.22. The molecule has 0 aliphatic rings. The maximum Gasteiger partial charge on any atom is 0.330 e. The summed E-state index contributed by atoms with van der Waals surface area (Å²) in [4.78, 5) is 10.5. The molecule has 0 aliphatic carbocycles. The molecule has 3 heteroatoms. The summed E-state index contributed by atoms with van der Waals surface area (Å²) in [6.45, 7) is 1.95. The molecule has 1 atom stereocenters. The molecule has 0 rings (SSSR count). The Morgan fingerprint density at radius 2 is 2.40 bits per heavy atom. The molecule has 0 amide bonds. The third kappa shape index (κ3) is 4.09. The highest BCUT2D eigenvalue weighted by molar-refractivity contribution is 5.81. The second-order valence-corrected chi connectivity index (χ2v) is 1.95. The van der Waals surface area contributed by atoms with Gasteiger partial charge in [0.05, 0.1) is 7.11 Å². The van der Waals surface area contributed by atoms with Crippen molar-refractivity contribution in [2.45, 2.75) is 19.4 Å². The SMILES string of the molecule is CCC(N)/C=C/C(=O)OC. The molecule has 58 valence electrons. The van der Waals surface area contributed by atoms with E-state index in [2.05, 4.69) is 4.74 Å². The Hall–Kier alpha value is -0.830. The van der Waals surface area contributed by atoms with Gasteiger partial charge in [-0.3, -0.25) is 0 Å². The van der Waals surface area contributed by atoms with Crippen LogP contribution in [0.15, 0.2) is 12.2 Å². The minimum atomic E-state index is -0.357. The molecule has 0 aromatic rings. The summed E-state index contributed by atoms with van der Waals surface area (Å²) in [5, 5.41) is 0. The normalized spacial score (nSPS) is 13.5. The third-order valence-corrected chi connectivity index (χ3v) is 1.15. The first kappa shape index (κ1) is 9.17. The predicted molar refractivity (Wildman–Crippen MR) is 39.4 cm³/mol. The number of rotatable bonds is 3. The molecule has 0 aromatic heterocycles. The summed E-state index contributed by atoms with van der Waals surface area (Å²) in [5.74, 6) is -0.357. The Balaban J connectivity index is 3.63. The molecular formula is C7H13NO2. The topological polar surface area (TPSA) is 52.3 Å². The van der Waals surface area contributed by atoms with Gasteiger partial charge in [0.1, 0.15) is 0 Å². The standard InChI is InChI=1S/C7H13NO2/c1-3-6(8)4-5-7(9)10-2/h4-6H,3,8H2,1-2H3/b5-4+. The Labute approximate surface area is 60.9 Å². The van der Waals surface area contributed by atoms with Crippen LogP contribution in [0, 0.1) is 0 Å². The molecule has 0 radical (unpaired) electrons. The molecule has 0 aliphatic heterocycles. The molecule has 0 saturated carbocycles. The van der Waals surface area contributed by atoms with Gasteiger partial charge in [-0.15, -0.1) is 0 Å². The largest absolute Gasteiger partial charge is 0.466 e. The van der Waals surface area contributed by atoms with Crippen LogP contribution in [-0.2, 0) is 9.53 Å². The van der Waals surface area contributed by atoms with Crippen LogP contribution in [0.3, 0.4) is 0 Å². The smallest absolute Gasteiger partial charge is 0.330 e. The van der Waals surface area contributed by atoms with Gasteiger partial charge >= 0.3 is 5.97 Å². The van der Waals surface area contributed by atoms with E-state index in [1.165, 1.54) is 13.2 Å². The number of hydrogen-bond acceptors (Lipinski definition) is 3. The van der Waals surface area contributed by atoms with Crippen LogP contribution in [0.4, 0.5) is 0 Å². The van der Waals surface area contributed by atoms with E-state index in [1.807, 2.05) is 6.92 Å². The number of esters is 1. The lowest BCUT2D eigenvalue weighted by Gasteiger charge is -1.98. The zero-order chi connectivity index (χ0) is 7.98. The fraction of sp³-hybridized carbons (Fsp3) is 0.571. The van der Waals surface area contributed by atoms with Gasteiger partial charge in [-0.1, -0.05) is 13.0 Å². The van der Waals surface area contributed by atoms with Crippen molar-refractivity contribution >= 4 is 5.97 Å². The number of carbonyl (C=O) groups is 1. The van der Waals surface area contributed by atoms with E-state index in [0.29, 0.717) is 0 Å². The number of methoxy groups -OCH3 is 1. The average molecular weight is 143 g/mol. The molecule has 10 heavy (non-hydrogen) atoms. The predicted octanol–water partition coefficient (Wildman–Crippen LogP) is 0.453. The van der Waals surface area contributed by atoms with E-state index < -0.39 is 0 Å². The molecule has 2 N–H and O–H groups in total. The fourth-order valence-electron chi connectivity index (χ4n) is 0.406. The lowest BCUT2D eigenvalue weighted by atomic mass is 10.2. The van der Waals surface area contributed by atoms with Crippen LogP contribution in [0.5, 0.6) is 0 Å². The molecule has 0 heterocycles. The van der Waals surface area contributed by atoms with Crippen molar-refractivity contribution in [3.63, 3.8) is 0 Å². The van der Waals surface area contributed by atoms with Gasteiger partial charge in [-0.05, 0) is 6.42 Å². The van der Waals surface area contributed by atoms with Crippen LogP contribution in [0.25, 0.3) is 0 Å². The van der Waals surface area contributed by atoms with Crippen molar-refractivity contribution in [1.82, 2.24) is 0 Å². The Kier molecular flexibility index (Phi) is 4.58. The quantitative estimate of drug-likeness (QED) is 0.461. The van der Waals surface area contributed by atoms with Crippen molar-refractivity contribution < 1.29 is 9.53 Å². The van der Waals surface area contributed by atoms with Crippen LogP contribution in [0.2, 0.25) is 0 Å². The van der Waals surface area contributed by atoms with Crippen molar-refractivity contribution in [3.05, 3.63) is 12.2 Å². The Bertz CT molecular complexity index is 132. The minimum absolute atomic E-state index is 0.0425. The third-order valence-electron chi connectivity index (χ3n) is 1.15. The summed E-state index contributed by atoms with van der Waals surface area (Å²) >= 11 is 0. The molecule has 0 bridgehead atoms. The van der Waals surface area contributed by atoms with Crippen LogP contribution in [0.1, 0.15) is 13.3 Å². The molecule has 0 saturated heterocycles. The molecule has 1 unspecified atom stereocenters. The average Bonchev–Trinajstić information content (AvgIpc) is 1.99. The van der Waals surface area contributed by atoms with E-state index in [-0.39, 0.29) is 12.0 Å². The summed E-state index contributed by atoms with van der Waals surface area (Å²) in [6, 6.07) is -0.0425. The Morgan fingerprint density at radius 1 is 1.80 bits per heavy atom. The van der Waals surface area contributed by atoms with Crippen LogP contribution >= 0.6 is 0 Å². The van der Waals surface area contributed by atoms with Gasteiger partial charge in [0, 0.05) is 12.1 Å². The van der Waals surface area contributed by atoms with E-state index >= 15 is 0 Å². The maximum atomic E-state index is 10.5. The van der Waals surface area contributed by atoms with Gasteiger partial charge in [-0.2, -0.15) is 0 Å². The first-order chi connectivity index (χ1) is 4.70. The van der Waals surface area contributed by atoms with Crippen LogP contribution < -0.4 is 5.73 Å². The van der Waals surface area contributed by atoms with E-state index in [4.69, 9.17) is 5.73 Å². The number of nitrogens with two attached hydrogens (primary N) is 1. The van der Waals surface area contributed by atoms with E-state index in [9.17, 15) is 4.79 Å². The number of carbonyl (C=O) groups excluding carboxylic acids is 1. The molecule has 0 spiro atoms. The lowest BCUT2D eigenvalue weighted by molar-refractivity contribution is -0.134. The summed E-state index contributed by atoms with van der Waals surface area (Å²) < 4.78 is 4.36. The number of ether oxygens (including phenoxy) is 1. The number of hydrogen-bond donors (Lipinski definition) is 1. The van der Waals surface area contributed by atoms with Crippen molar-refractivity contribution in [2.75, 3.05) is 7.11 Å². The van der Waals surface area contributed by atoms with Gasteiger partial charge in [0.15, 0.2) is 0 Å². The zero-order valence-corrected chi connectivity index (χ0v) is 6.33. The van der Waals surface area contributed by atoms with E-state index in [1.54, 1.807) is 6.08 Å². The lowest BCUT2D eigenvalue weighted by Crippen LogP contribution is -2.15. The first-order valence-electron chi connectivity index (χ1n) is 3.22. The van der Waals surface area contributed by atoms with Gasteiger partial charge in [0.25, 0.3) is 0 Å². The molecular weight excluding hydrogens is 130 g/mol. The molecule has 3 nitrogen and oxygen atoms in total. The van der Waals surface area contributed by atoms with Crippen molar-refractivity contribution in [3.8, 4) is 0 Å². The van der Waals surface area contributed by atoms with Crippen LogP contribution in [-0.4, -0.2) is 19.1 Å². The minimum Gasteiger partial charge on any atom is -0.466 e. The van der Waals surface area contributed by atoms with Crippen molar-refractivity contribution in [2.24, 2.45) is 5.73 Å². The molecule has 0 fully saturated rings. The summed E-state index contributed by atoms with van der Waals surface area (Å²) in [6.07, 6.45) is 3.80. The highest BCUT2D eigenvalue weighted by atomic mass is 16.5. The van der Waals surface area contributed by atoms with Gasteiger partial charge < -0.3 is 10.5 Å². The molecule has 0 aromatic carbocycles. The fourth-order valence-corrected chi connectivity index (χ4v) is 0.406. The van der Waals surface area contributed by atoms with E-state index in [0.717, 1.165) is 6.42 Å². The monoisotopic (exact) mass is 143 g/mol. The summed E-state index contributed by atoms with van der Waals surface area (Å²) in [5.41, 5.74) is 5.48. The van der Waals surface area contributed by atoms with Gasteiger partial charge in [0.2, 0.25) is 0 Å². The maximum absolute atomic E-state index is 10.5. The Morgan fingerprint density at radius 3 is 2.80 bits per heavy atom. The second-order valence-electron chi connectivity index (χ2n) is 1.95.